The molecule has 28 rings (SSSR count). The van der Waals surface area contributed by atoms with E-state index >= 15 is 0 Å². The summed E-state index contributed by atoms with van der Waals surface area (Å²) < 4.78 is 17.8. The van der Waals surface area contributed by atoms with Crippen LogP contribution in [0.4, 0.5) is 0 Å². The minimum absolute atomic E-state index is 0.785. The number of benzene rings is 12. The Morgan fingerprint density at radius 1 is 0.140 bits per heavy atom. The molecule has 0 atom stereocenters. The molecule has 0 saturated carbocycles. The molecule has 0 N–H and O–H groups in total. The van der Waals surface area contributed by atoms with Crippen molar-refractivity contribution in [2.24, 2.45) is 0 Å². The lowest BCUT2D eigenvalue weighted by molar-refractivity contribution is 1.06. The van der Waals surface area contributed by atoms with Crippen LogP contribution in [0, 0.1) is 0 Å². The Bertz CT molecular complexity index is 8220. The fraction of sp³-hybridized carbons (Fsp3) is 0. The number of fused-ring (bicyclic) bond motifs is 20. The summed E-state index contributed by atoms with van der Waals surface area (Å²) in [5.74, 6) is 3.14. The van der Waals surface area contributed by atoms with Crippen molar-refractivity contribution in [3.05, 3.63) is 440 Å². The second-order valence-electron chi connectivity index (χ2n) is 32.5. The minimum Gasteiger partial charge on any atom is -0.309 e. The van der Waals surface area contributed by atoms with Gasteiger partial charge in [0.2, 0.25) is 0 Å². The van der Waals surface area contributed by atoms with Crippen LogP contribution in [0.25, 0.3) is 222 Å². The SMILES string of the molecule is c1ccc(-n2c3ccccc3c3c4nc(-c5cncnc5)n(-c5cccnc5)c4ccc32)cc1.c1ccc(-n2c3ccccc3c3c4nc(-c5cncnc5)n(-c5cccnc5)c4ccc32)cc1.c1ccc(-n2c3ccccc3c3c4nc(-c5cncnc5)n(-c5cccnc5)c4ccc32)cc1.c1ccc(-n2c3ccccc3c3c4nc(-c5cncnc5)n(-c5cccnc5)c4ccc32)cc1. The second-order valence-corrected chi connectivity index (χ2v) is 32.5. The van der Waals surface area contributed by atoms with Crippen molar-refractivity contribution in [1.29, 1.82) is 0 Å². The van der Waals surface area contributed by atoms with Crippen LogP contribution < -0.4 is 0 Å². The second kappa shape index (κ2) is 33.6. The van der Waals surface area contributed by atoms with Crippen LogP contribution in [-0.2, 0) is 0 Å². The molecule has 0 amide bonds. The highest BCUT2D eigenvalue weighted by molar-refractivity contribution is 6.24. The summed E-state index contributed by atoms with van der Waals surface area (Å²) in [4.78, 5) is 72.1. The van der Waals surface area contributed by atoms with E-state index in [-0.39, 0.29) is 0 Å². The summed E-state index contributed by atoms with van der Waals surface area (Å²) in [6, 6.07) is 109. The van der Waals surface area contributed by atoms with E-state index in [1.165, 1.54) is 46.9 Å². The lowest BCUT2D eigenvalue weighted by Gasteiger charge is -2.09. The average molecular weight is 1750 g/mol. The lowest BCUT2D eigenvalue weighted by atomic mass is 10.1. The molecular formula is C112H72N24. The van der Waals surface area contributed by atoms with E-state index in [9.17, 15) is 0 Å². The summed E-state index contributed by atoms with van der Waals surface area (Å²) in [6.45, 7) is 0. The molecule has 136 heavy (non-hydrogen) atoms. The van der Waals surface area contributed by atoms with E-state index in [4.69, 9.17) is 19.9 Å². The van der Waals surface area contributed by atoms with Crippen LogP contribution in [-0.4, -0.2) is 116 Å². The minimum atomic E-state index is 0.785. The van der Waals surface area contributed by atoms with Crippen LogP contribution >= 0.6 is 0 Å². The standard InChI is InChI=1S/4C28H18N6/c4*1-2-7-20(8-3-1)33-23-11-5-4-10-22(23)26-24(33)12-13-25-27(26)32-28(19-15-30-18-31-16-19)34(25)21-9-6-14-29-17-21/h4*1-18H. The third kappa shape index (κ3) is 13.4. The monoisotopic (exact) mass is 1750 g/mol. The fourth-order valence-corrected chi connectivity index (χ4v) is 19.2. The molecule has 0 fully saturated rings. The van der Waals surface area contributed by atoms with E-state index in [1.807, 2.05) is 97.6 Å². The van der Waals surface area contributed by atoms with Gasteiger partial charge in [0.05, 0.1) is 158 Å². The largest absolute Gasteiger partial charge is 0.309 e. The summed E-state index contributed by atoms with van der Waals surface area (Å²) in [5, 5.41) is 9.15. The summed E-state index contributed by atoms with van der Waals surface area (Å²) >= 11 is 0. The van der Waals surface area contributed by atoms with Gasteiger partial charge in [-0.25, -0.2) is 59.8 Å². The highest BCUT2D eigenvalue weighted by atomic mass is 15.1. The molecular weight excluding hydrogens is 1680 g/mol. The van der Waals surface area contributed by atoms with Gasteiger partial charge in [-0.2, -0.15) is 0 Å². The zero-order valence-electron chi connectivity index (χ0n) is 72.3. The van der Waals surface area contributed by atoms with Gasteiger partial charge in [-0.1, -0.05) is 146 Å². The van der Waals surface area contributed by atoms with Gasteiger partial charge >= 0.3 is 0 Å². The van der Waals surface area contributed by atoms with E-state index in [2.05, 4.69) is 339 Å². The molecule has 0 aliphatic carbocycles. The zero-order chi connectivity index (χ0) is 89.9. The molecule has 0 unspecified atom stereocenters. The van der Waals surface area contributed by atoms with Crippen LogP contribution in [0.2, 0.25) is 0 Å². The Hall–Kier alpha value is -19.4. The molecule has 640 valence electrons. The number of pyridine rings is 4. The molecule has 12 aromatic carbocycles. The highest BCUT2D eigenvalue weighted by Gasteiger charge is 2.28. The van der Waals surface area contributed by atoms with Crippen molar-refractivity contribution < 1.29 is 0 Å². The number of hydrogen-bond acceptors (Lipinski definition) is 16. The van der Waals surface area contributed by atoms with Crippen LogP contribution in [0.1, 0.15) is 0 Å². The number of nitrogens with zero attached hydrogens (tertiary/aromatic N) is 24. The average Bonchev–Trinajstić information content (AvgIpc) is 1.57. The van der Waals surface area contributed by atoms with Crippen molar-refractivity contribution in [3.8, 4) is 91.1 Å². The smallest absolute Gasteiger partial charge is 0.148 e. The predicted molar refractivity (Wildman–Crippen MR) is 537 cm³/mol. The van der Waals surface area contributed by atoms with Gasteiger partial charge in [-0.05, 0) is 170 Å². The first kappa shape index (κ1) is 78.9. The normalized spacial score (nSPS) is 11.5. The van der Waals surface area contributed by atoms with E-state index in [0.717, 1.165) is 201 Å². The number of aromatic nitrogens is 24. The van der Waals surface area contributed by atoms with Crippen molar-refractivity contribution in [3.63, 3.8) is 0 Å². The van der Waals surface area contributed by atoms with Crippen molar-refractivity contribution in [2.75, 3.05) is 0 Å². The maximum atomic E-state index is 5.19. The van der Waals surface area contributed by atoms with Crippen LogP contribution in [0.3, 0.4) is 0 Å². The van der Waals surface area contributed by atoms with Gasteiger partial charge in [0.25, 0.3) is 0 Å². The molecule has 24 nitrogen and oxygen atoms in total. The molecule has 0 bridgehead atoms. The maximum Gasteiger partial charge on any atom is 0.148 e. The molecule has 0 radical (unpaired) electrons. The Kier molecular flexibility index (Phi) is 19.5. The third-order valence-electron chi connectivity index (χ3n) is 24.8. The molecule has 28 aromatic rings. The van der Waals surface area contributed by atoms with Crippen molar-refractivity contribution >= 4 is 131 Å². The Labute approximate surface area is 773 Å². The van der Waals surface area contributed by atoms with Gasteiger partial charge in [0, 0.05) is 140 Å². The van der Waals surface area contributed by atoms with Gasteiger partial charge in [0.1, 0.15) is 48.6 Å². The predicted octanol–water partition coefficient (Wildman–Crippen LogP) is 23.9. The number of imidazole rings is 4. The Morgan fingerprint density at radius 2 is 0.331 bits per heavy atom. The van der Waals surface area contributed by atoms with Gasteiger partial charge in [0.15, 0.2) is 0 Å². The van der Waals surface area contributed by atoms with Crippen molar-refractivity contribution in [2.45, 2.75) is 0 Å². The molecule has 0 spiro atoms. The Balaban J connectivity index is 0.0000000965. The van der Waals surface area contributed by atoms with E-state index < -0.39 is 0 Å². The van der Waals surface area contributed by atoms with Crippen molar-refractivity contribution in [1.82, 2.24) is 116 Å². The summed E-state index contributed by atoms with van der Waals surface area (Å²) in [6.07, 6.45) is 35.0. The topological polar surface area (TPSA) is 246 Å². The summed E-state index contributed by atoms with van der Waals surface area (Å²) in [5.41, 5.74) is 28.5. The van der Waals surface area contributed by atoms with Crippen LogP contribution in [0.5, 0.6) is 0 Å². The number of hydrogen-bond donors (Lipinski definition) is 0. The maximum absolute atomic E-state index is 5.19. The van der Waals surface area contributed by atoms with Gasteiger partial charge in [-0.15, -0.1) is 0 Å². The van der Waals surface area contributed by atoms with E-state index in [1.54, 1.807) is 74.4 Å². The zero-order valence-corrected chi connectivity index (χ0v) is 72.3. The fourth-order valence-electron chi connectivity index (χ4n) is 19.2. The third-order valence-corrected chi connectivity index (χ3v) is 24.8. The highest BCUT2D eigenvalue weighted by Crippen LogP contribution is 2.46. The first-order valence-corrected chi connectivity index (χ1v) is 44.2. The lowest BCUT2D eigenvalue weighted by Crippen LogP contribution is -1.98. The quantitative estimate of drug-likeness (QED) is 0.110. The van der Waals surface area contributed by atoms with Gasteiger partial charge in [-0.3, -0.25) is 38.2 Å². The summed E-state index contributed by atoms with van der Waals surface area (Å²) in [7, 11) is 0. The molecule has 16 heterocycles. The Morgan fingerprint density at radius 3 is 0.537 bits per heavy atom. The molecule has 24 heteroatoms. The molecule has 0 aliphatic heterocycles. The van der Waals surface area contributed by atoms with Gasteiger partial charge < -0.3 is 18.3 Å². The molecule has 16 aromatic heterocycles. The first-order chi connectivity index (χ1) is 67.6. The number of rotatable bonds is 12. The van der Waals surface area contributed by atoms with Crippen LogP contribution in [0.15, 0.2) is 440 Å². The molecule has 0 saturated heterocycles. The van der Waals surface area contributed by atoms with E-state index in [0.29, 0.717) is 0 Å². The molecule has 0 aliphatic rings. The number of para-hydroxylation sites is 8. The first-order valence-electron chi connectivity index (χ1n) is 44.2.